The van der Waals surface area contributed by atoms with E-state index in [4.69, 9.17) is 0 Å². The highest BCUT2D eigenvalue weighted by Crippen LogP contribution is 2.17. The minimum absolute atomic E-state index is 0.0787. The third kappa shape index (κ3) is 6.56. The van der Waals surface area contributed by atoms with Crippen LogP contribution in [0.25, 0.3) is 0 Å². The lowest BCUT2D eigenvalue weighted by Crippen LogP contribution is -2.41. The first-order chi connectivity index (χ1) is 11.7. The molecule has 5 nitrogen and oxygen atoms in total. The third-order valence-corrected chi connectivity index (χ3v) is 4.19. The van der Waals surface area contributed by atoms with Gasteiger partial charge in [-0.05, 0) is 30.5 Å². The molecular formula is C18H27FN4O. The van der Waals surface area contributed by atoms with Crippen LogP contribution >= 0.6 is 0 Å². The number of halogens is 1. The van der Waals surface area contributed by atoms with Crippen molar-refractivity contribution in [3.63, 3.8) is 0 Å². The molecule has 0 spiro atoms. The normalized spacial score (nSPS) is 15.8. The van der Waals surface area contributed by atoms with Gasteiger partial charge in [0.1, 0.15) is 5.82 Å². The smallest absolute Gasteiger partial charge is 0.221 e. The number of nitrogens with one attached hydrogen (secondary N) is 3. The van der Waals surface area contributed by atoms with Crippen LogP contribution in [0.15, 0.2) is 29.3 Å². The SMILES string of the molecule is CN=C(NCCC(=O)NC1CCCCC1)NCc1cccc(F)c1. The Labute approximate surface area is 143 Å². The van der Waals surface area contributed by atoms with Gasteiger partial charge in [0.2, 0.25) is 5.91 Å². The van der Waals surface area contributed by atoms with E-state index in [-0.39, 0.29) is 11.7 Å². The second-order valence-corrected chi connectivity index (χ2v) is 6.13. The van der Waals surface area contributed by atoms with Crippen molar-refractivity contribution < 1.29 is 9.18 Å². The topological polar surface area (TPSA) is 65.5 Å². The number of benzene rings is 1. The summed E-state index contributed by atoms with van der Waals surface area (Å²) in [5.74, 6) is 0.427. The zero-order valence-corrected chi connectivity index (χ0v) is 14.3. The molecule has 0 saturated heterocycles. The number of nitrogens with zero attached hydrogens (tertiary/aromatic N) is 1. The molecule has 0 aromatic heterocycles. The van der Waals surface area contributed by atoms with Crippen molar-refractivity contribution >= 4 is 11.9 Å². The van der Waals surface area contributed by atoms with Crippen molar-refractivity contribution in [2.45, 2.75) is 51.1 Å². The van der Waals surface area contributed by atoms with Gasteiger partial charge in [0.15, 0.2) is 5.96 Å². The van der Waals surface area contributed by atoms with Gasteiger partial charge >= 0.3 is 0 Å². The molecule has 6 heteroatoms. The van der Waals surface area contributed by atoms with Crippen LogP contribution in [-0.2, 0) is 11.3 Å². The second-order valence-electron chi connectivity index (χ2n) is 6.13. The summed E-state index contributed by atoms with van der Waals surface area (Å²) in [6, 6.07) is 6.77. The Hall–Kier alpha value is -2.11. The maximum atomic E-state index is 13.1. The maximum Gasteiger partial charge on any atom is 0.221 e. The first-order valence-corrected chi connectivity index (χ1v) is 8.65. The fourth-order valence-electron chi connectivity index (χ4n) is 2.89. The lowest BCUT2D eigenvalue weighted by molar-refractivity contribution is -0.121. The number of amides is 1. The predicted octanol–water partition coefficient (Wildman–Crippen LogP) is 2.33. The minimum Gasteiger partial charge on any atom is -0.356 e. The van der Waals surface area contributed by atoms with Gasteiger partial charge in [-0.2, -0.15) is 0 Å². The van der Waals surface area contributed by atoms with E-state index in [1.807, 2.05) is 6.07 Å². The van der Waals surface area contributed by atoms with E-state index in [0.29, 0.717) is 31.5 Å². The highest BCUT2D eigenvalue weighted by molar-refractivity contribution is 5.81. The molecule has 1 aromatic carbocycles. The Morgan fingerprint density at radius 2 is 2.04 bits per heavy atom. The number of carbonyl (C=O) groups excluding carboxylic acids is 1. The molecule has 132 valence electrons. The quantitative estimate of drug-likeness (QED) is 0.553. The van der Waals surface area contributed by atoms with E-state index in [0.717, 1.165) is 18.4 Å². The number of guanidine groups is 1. The molecule has 0 unspecified atom stereocenters. The Balaban J connectivity index is 1.65. The summed E-state index contributed by atoms with van der Waals surface area (Å²) in [5.41, 5.74) is 0.841. The molecule has 1 amide bonds. The van der Waals surface area contributed by atoms with Crippen LogP contribution < -0.4 is 16.0 Å². The summed E-state index contributed by atoms with van der Waals surface area (Å²) in [6.45, 7) is 0.993. The molecule has 1 aliphatic rings. The Morgan fingerprint density at radius 1 is 1.25 bits per heavy atom. The number of aliphatic imine (C=N–C) groups is 1. The maximum absolute atomic E-state index is 13.1. The molecule has 2 rings (SSSR count). The van der Waals surface area contributed by atoms with Crippen LogP contribution in [0.3, 0.4) is 0 Å². The second kappa shape index (κ2) is 9.90. The van der Waals surface area contributed by atoms with E-state index in [2.05, 4.69) is 20.9 Å². The van der Waals surface area contributed by atoms with Gasteiger partial charge < -0.3 is 16.0 Å². The van der Waals surface area contributed by atoms with Crippen LogP contribution in [-0.4, -0.2) is 31.5 Å². The van der Waals surface area contributed by atoms with Crippen LogP contribution in [0, 0.1) is 5.82 Å². The molecule has 3 N–H and O–H groups in total. The summed E-state index contributed by atoms with van der Waals surface area (Å²) in [6.07, 6.45) is 6.30. The van der Waals surface area contributed by atoms with Crippen molar-refractivity contribution in [1.82, 2.24) is 16.0 Å². The number of hydrogen-bond donors (Lipinski definition) is 3. The van der Waals surface area contributed by atoms with Crippen LogP contribution in [0.1, 0.15) is 44.1 Å². The number of carbonyl (C=O) groups is 1. The first-order valence-electron chi connectivity index (χ1n) is 8.65. The van der Waals surface area contributed by atoms with Gasteiger partial charge in [0.05, 0.1) is 0 Å². The zero-order valence-electron chi connectivity index (χ0n) is 14.3. The zero-order chi connectivity index (χ0) is 17.2. The van der Waals surface area contributed by atoms with Crippen molar-refractivity contribution in [3.8, 4) is 0 Å². The number of rotatable bonds is 6. The van der Waals surface area contributed by atoms with Gasteiger partial charge in [-0.1, -0.05) is 31.4 Å². The highest BCUT2D eigenvalue weighted by atomic mass is 19.1. The van der Waals surface area contributed by atoms with Gasteiger partial charge in [-0.25, -0.2) is 4.39 Å². The molecule has 24 heavy (non-hydrogen) atoms. The van der Waals surface area contributed by atoms with Gasteiger partial charge in [0, 0.05) is 32.6 Å². The number of hydrogen-bond acceptors (Lipinski definition) is 2. The van der Waals surface area contributed by atoms with Gasteiger partial charge in [-0.15, -0.1) is 0 Å². The summed E-state index contributed by atoms with van der Waals surface area (Å²) >= 11 is 0. The fourth-order valence-corrected chi connectivity index (χ4v) is 2.89. The van der Waals surface area contributed by atoms with E-state index in [1.165, 1.54) is 31.4 Å². The van der Waals surface area contributed by atoms with Crippen LogP contribution in [0.2, 0.25) is 0 Å². The summed E-state index contributed by atoms with van der Waals surface area (Å²) in [5, 5.41) is 9.31. The fraction of sp³-hybridized carbons (Fsp3) is 0.556. The lowest BCUT2D eigenvalue weighted by Gasteiger charge is -2.22. The third-order valence-electron chi connectivity index (χ3n) is 4.19. The highest BCUT2D eigenvalue weighted by Gasteiger charge is 2.15. The molecule has 1 saturated carbocycles. The molecule has 0 radical (unpaired) electrons. The van der Waals surface area contributed by atoms with E-state index in [9.17, 15) is 9.18 Å². The van der Waals surface area contributed by atoms with E-state index >= 15 is 0 Å². The largest absolute Gasteiger partial charge is 0.356 e. The van der Waals surface area contributed by atoms with Crippen molar-refractivity contribution in [1.29, 1.82) is 0 Å². The van der Waals surface area contributed by atoms with Crippen molar-refractivity contribution in [2.75, 3.05) is 13.6 Å². The summed E-state index contributed by atoms with van der Waals surface area (Å²) in [4.78, 5) is 16.1. The van der Waals surface area contributed by atoms with Crippen LogP contribution in [0.4, 0.5) is 4.39 Å². The molecule has 0 aliphatic heterocycles. The standard InChI is InChI=1S/C18H27FN4O/c1-20-18(22-13-14-6-5-7-15(19)12-14)21-11-10-17(24)23-16-8-3-2-4-9-16/h5-7,12,16H,2-4,8-11,13H2,1H3,(H,23,24)(H2,20,21,22). The summed E-state index contributed by atoms with van der Waals surface area (Å²) < 4.78 is 13.1. The Morgan fingerprint density at radius 3 is 2.75 bits per heavy atom. The van der Waals surface area contributed by atoms with Gasteiger partial charge in [-0.3, -0.25) is 9.79 Å². The Bertz CT molecular complexity index is 556. The summed E-state index contributed by atoms with van der Waals surface area (Å²) in [7, 11) is 1.67. The van der Waals surface area contributed by atoms with Crippen molar-refractivity contribution in [2.24, 2.45) is 4.99 Å². The molecule has 0 heterocycles. The Kier molecular flexibility index (Phi) is 7.52. The molecule has 0 atom stereocenters. The first kappa shape index (κ1) is 18.2. The average Bonchev–Trinajstić information content (AvgIpc) is 2.59. The minimum atomic E-state index is -0.253. The lowest BCUT2D eigenvalue weighted by atomic mass is 9.95. The van der Waals surface area contributed by atoms with E-state index in [1.54, 1.807) is 13.1 Å². The molecule has 1 aromatic rings. The molecule has 1 fully saturated rings. The molecule has 0 bridgehead atoms. The van der Waals surface area contributed by atoms with Crippen molar-refractivity contribution in [3.05, 3.63) is 35.6 Å². The average molecular weight is 334 g/mol. The molecule has 1 aliphatic carbocycles. The van der Waals surface area contributed by atoms with Crippen LogP contribution in [0.5, 0.6) is 0 Å². The predicted molar refractivity (Wildman–Crippen MR) is 94.2 cm³/mol. The monoisotopic (exact) mass is 334 g/mol. The molecular weight excluding hydrogens is 307 g/mol. The van der Waals surface area contributed by atoms with E-state index < -0.39 is 0 Å². The van der Waals surface area contributed by atoms with Gasteiger partial charge in [0.25, 0.3) is 0 Å².